The van der Waals surface area contributed by atoms with Gasteiger partial charge in [0.15, 0.2) is 0 Å². The third-order valence-electron chi connectivity index (χ3n) is 4.71. The van der Waals surface area contributed by atoms with Crippen molar-refractivity contribution in [2.45, 2.75) is 38.8 Å². The lowest BCUT2D eigenvalue weighted by Crippen LogP contribution is -2.48. The van der Waals surface area contributed by atoms with Crippen molar-refractivity contribution in [2.24, 2.45) is 5.92 Å². The number of benzene rings is 2. The Balaban J connectivity index is 1.72. The van der Waals surface area contributed by atoms with Crippen LogP contribution in [0.15, 0.2) is 48.5 Å². The van der Waals surface area contributed by atoms with Gasteiger partial charge in [0.25, 0.3) is 5.91 Å². The molecule has 0 bridgehead atoms. The number of hydrogen-bond acceptors (Lipinski definition) is 3. The molecule has 2 aromatic rings. The number of hydrogen-bond donors (Lipinski definition) is 2. The van der Waals surface area contributed by atoms with Gasteiger partial charge < -0.3 is 15.4 Å². The maximum atomic E-state index is 13.0. The maximum absolute atomic E-state index is 13.0. The second-order valence-electron chi connectivity index (χ2n) is 7.40. The zero-order valence-electron chi connectivity index (χ0n) is 16.1. The zero-order valence-corrected chi connectivity index (χ0v) is 16.8. The summed E-state index contributed by atoms with van der Waals surface area (Å²) in [5.74, 6) is 0.579. The molecule has 2 aromatic carbocycles. The lowest BCUT2D eigenvalue weighted by Gasteiger charge is -2.29. The van der Waals surface area contributed by atoms with Gasteiger partial charge in [-0.3, -0.25) is 9.59 Å². The van der Waals surface area contributed by atoms with E-state index in [-0.39, 0.29) is 23.8 Å². The second-order valence-corrected chi connectivity index (χ2v) is 7.84. The molecule has 0 unspecified atom stereocenters. The van der Waals surface area contributed by atoms with E-state index >= 15 is 0 Å². The number of rotatable bonds is 6. The molecular formula is C22H25ClN2O3. The Morgan fingerprint density at radius 2 is 1.86 bits per heavy atom. The van der Waals surface area contributed by atoms with Gasteiger partial charge in [0.1, 0.15) is 11.8 Å². The van der Waals surface area contributed by atoms with Crippen molar-refractivity contribution in [1.82, 2.24) is 10.6 Å². The van der Waals surface area contributed by atoms with Crippen molar-refractivity contribution in [1.29, 1.82) is 0 Å². The summed E-state index contributed by atoms with van der Waals surface area (Å²) in [7, 11) is 0. The Morgan fingerprint density at radius 3 is 2.57 bits per heavy atom. The standard InChI is InChI=1S/C22H25ClN2O3/c1-14(2)13-19(25-21(26)15-7-9-16(23)10-8-15)22(27)24-18-11-12-28-20-6-4-3-5-17(18)20/h3-10,14,18-19H,11-13H2,1-2H3,(H,24,27)(H,25,26)/t18-,19+/m0/s1. The first-order chi connectivity index (χ1) is 13.4. The van der Waals surface area contributed by atoms with Gasteiger partial charge in [-0.1, -0.05) is 43.6 Å². The Labute approximate surface area is 170 Å². The molecule has 148 valence electrons. The van der Waals surface area contributed by atoms with Crippen LogP contribution in [0, 0.1) is 5.92 Å². The van der Waals surface area contributed by atoms with Crippen LogP contribution in [0.4, 0.5) is 0 Å². The van der Waals surface area contributed by atoms with E-state index in [9.17, 15) is 9.59 Å². The Hall–Kier alpha value is -2.53. The highest BCUT2D eigenvalue weighted by Crippen LogP contribution is 2.31. The van der Waals surface area contributed by atoms with Gasteiger partial charge >= 0.3 is 0 Å². The molecule has 5 nitrogen and oxygen atoms in total. The molecule has 0 radical (unpaired) electrons. The minimum absolute atomic E-state index is 0.125. The number of fused-ring (bicyclic) bond motifs is 1. The minimum Gasteiger partial charge on any atom is -0.493 e. The first-order valence-electron chi connectivity index (χ1n) is 9.52. The van der Waals surface area contributed by atoms with Gasteiger partial charge in [0, 0.05) is 22.6 Å². The fraction of sp³-hybridized carbons (Fsp3) is 0.364. The molecule has 0 aliphatic carbocycles. The summed E-state index contributed by atoms with van der Waals surface area (Å²) < 4.78 is 5.66. The van der Waals surface area contributed by atoms with E-state index in [1.807, 2.05) is 38.1 Å². The van der Waals surface area contributed by atoms with Crippen LogP contribution < -0.4 is 15.4 Å². The van der Waals surface area contributed by atoms with E-state index in [0.717, 1.165) is 11.3 Å². The van der Waals surface area contributed by atoms with E-state index < -0.39 is 6.04 Å². The molecule has 3 rings (SSSR count). The topological polar surface area (TPSA) is 67.4 Å². The quantitative estimate of drug-likeness (QED) is 0.766. The number of para-hydroxylation sites is 1. The second kappa shape index (κ2) is 9.11. The lowest BCUT2D eigenvalue weighted by atomic mass is 9.98. The molecule has 0 saturated carbocycles. The van der Waals surface area contributed by atoms with Crippen LogP contribution in [0.1, 0.15) is 48.7 Å². The van der Waals surface area contributed by atoms with Crippen molar-refractivity contribution < 1.29 is 14.3 Å². The van der Waals surface area contributed by atoms with Crippen LogP contribution in [0.25, 0.3) is 0 Å². The van der Waals surface area contributed by atoms with Crippen LogP contribution in [-0.2, 0) is 4.79 Å². The van der Waals surface area contributed by atoms with E-state index in [2.05, 4.69) is 10.6 Å². The van der Waals surface area contributed by atoms with Crippen LogP contribution in [0.3, 0.4) is 0 Å². The molecule has 1 aliphatic rings. The highest BCUT2D eigenvalue weighted by molar-refractivity contribution is 6.30. The van der Waals surface area contributed by atoms with Crippen molar-refractivity contribution in [3.8, 4) is 5.75 Å². The van der Waals surface area contributed by atoms with Gasteiger partial charge in [-0.2, -0.15) is 0 Å². The summed E-state index contributed by atoms with van der Waals surface area (Å²) in [4.78, 5) is 25.6. The third-order valence-corrected chi connectivity index (χ3v) is 4.96. The number of amides is 2. The number of nitrogens with one attached hydrogen (secondary N) is 2. The Bertz CT molecular complexity index is 836. The number of carbonyl (C=O) groups excluding carboxylic acids is 2. The van der Waals surface area contributed by atoms with Crippen molar-refractivity contribution in [2.75, 3.05) is 6.61 Å². The smallest absolute Gasteiger partial charge is 0.251 e. The third kappa shape index (κ3) is 5.04. The molecule has 1 aliphatic heterocycles. The molecule has 2 N–H and O–H groups in total. The predicted octanol–water partition coefficient (Wildman–Crippen LogP) is 4.12. The van der Waals surface area contributed by atoms with Gasteiger partial charge in [-0.15, -0.1) is 0 Å². The van der Waals surface area contributed by atoms with Gasteiger partial charge in [-0.25, -0.2) is 0 Å². The maximum Gasteiger partial charge on any atom is 0.251 e. The molecule has 0 fully saturated rings. The van der Waals surface area contributed by atoms with Gasteiger partial charge in [0.2, 0.25) is 5.91 Å². The van der Waals surface area contributed by atoms with Crippen LogP contribution in [-0.4, -0.2) is 24.5 Å². The first-order valence-corrected chi connectivity index (χ1v) is 9.90. The molecule has 0 saturated heterocycles. The molecule has 2 amide bonds. The summed E-state index contributed by atoms with van der Waals surface area (Å²) in [5, 5.41) is 6.53. The molecule has 2 atom stereocenters. The average Bonchev–Trinajstić information content (AvgIpc) is 2.68. The Kier molecular flexibility index (Phi) is 6.57. The number of halogens is 1. The summed E-state index contributed by atoms with van der Waals surface area (Å²) in [6.45, 7) is 4.60. The first kappa shape index (κ1) is 20.2. The van der Waals surface area contributed by atoms with Crippen LogP contribution in [0.2, 0.25) is 5.02 Å². The summed E-state index contributed by atoms with van der Waals surface area (Å²) >= 11 is 5.89. The van der Waals surface area contributed by atoms with Crippen LogP contribution >= 0.6 is 11.6 Å². The number of ether oxygens (including phenoxy) is 1. The molecule has 28 heavy (non-hydrogen) atoms. The van der Waals surface area contributed by atoms with Crippen molar-refractivity contribution >= 4 is 23.4 Å². The van der Waals surface area contributed by atoms with E-state index in [1.54, 1.807) is 24.3 Å². The normalized spacial score (nSPS) is 16.6. The summed E-state index contributed by atoms with van der Waals surface area (Å²) in [5.41, 5.74) is 1.44. The fourth-order valence-electron chi connectivity index (χ4n) is 3.31. The predicted molar refractivity (Wildman–Crippen MR) is 110 cm³/mol. The average molecular weight is 401 g/mol. The summed E-state index contributed by atoms with van der Waals surface area (Å²) in [6.07, 6.45) is 1.25. The van der Waals surface area contributed by atoms with E-state index in [4.69, 9.17) is 16.3 Å². The van der Waals surface area contributed by atoms with E-state index in [0.29, 0.717) is 30.0 Å². The van der Waals surface area contributed by atoms with Crippen molar-refractivity contribution in [3.63, 3.8) is 0 Å². The fourth-order valence-corrected chi connectivity index (χ4v) is 3.44. The van der Waals surface area contributed by atoms with Gasteiger partial charge in [-0.05, 0) is 42.7 Å². The minimum atomic E-state index is -0.613. The van der Waals surface area contributed by atoms with Crippen LogP contribution in [0.5, 0.6) is 5.75 Å². The largest absolute Gasteiger partial charge is 0.493 e. The summed E-state index contributed by atoms with van der Waals surface area (Å²) in [6, 6.07) is 13.6. The monoisotopic (exact) mass is 400 g/mol. The molecular weight excluding hydrogens is 376 g/mol. The SMILES string of the molecule is CC(C)C[C@@H](NC(=O)c1ccc(Cl)cc1)C(=O)N[C@H]1CCOc2ccccc21. The zero-order chi connectivity index (χ0) is 20.1. The lowest BCUT2D eigenvalue weighted by molar-refractivity contribution is -0.124. The molecule has 0 aromatic heterocycles. The molecule has 6 heteroatoms. The van der Waals surface area contributed by atoms with Gasteiger partial charge in [0.05, 0.1) is 12.6 Å². The van der Waals surface area contributed by atoms with Crippen molar-refractivity contribution in [3.05, 3.63) is 64.7 Å². The van der Waals surface area contributed by atoms with E-state index in [1.165, 1.54) is 0 Å². The Morgan fingerprint density at radius 1 is 1.14 bits per heavy atom. The molecule has 0 spiro atoms. The highest BCUT2D eigenvalue weighted by Gasteiger charge is 2.28. The highest BCUT2D eigenvalue weighted by atomic mass is 35.5. The number of carbonyl (C=O) groups is 2. The molecule has 1 heterocycles.